The van der Waals surface area contributed by atoms with Gasteiger partial charge in [0, 0.05) is 23.1 Å². The minimum atomic E-state index is -0.188. The van der Waals surface area contributed by atoms with Crippen LogP contribution in [0.5, 0.6) is 0 Å². The lowest BCUT2D eigenvalue weighted by molar-refractivity contribution is 0.250. The second kappa shape index (κ2) is 7.50. The fourth-order valence-electron chi connectivity index (χ4n) is 2.17. The number of rotatable bonds is 5. The monoisotopic (exact) mass is 297 g/mol. The molecule has 0 saturated carbocycles. The van der Waals surface area contributed by atoms with Crippen molar-refractivity contribution >= 4 is 23.1 Å². The zero-order chi connectivity index (χ0) is 15.9. The highest BCUT2D eigenvalue weighted by molar-refractivity contribution is 5.89. The van der Waals surface area contributed by atoms with Crippen molar-refractivity contribution in [3.05, 3.63) is 54.1 Å². The first-order valence-electron chi connectivity index (χ1n) is 7.61. The van der Waals surface area contributed by atoms with Crippen molar-refractivity contribution < 1.29 is 4.79 Å². The Morgan fingerprint density at radius 3 is 2.27 bits per heavy atom. The average Bonchev–Trinajstić information content (AvgIpc) is 2.49. The molecule has 0 fully saturated rings. The van der Waals surface area contributed by atoms with Gasteiger partial charge in [0.2, 0.25) is 0 Å². The SMILES string of the molecule is CCc1ccccc1Nc1ccc(NC(=O)NC(C)C)cc1. The van der Waals surface area contributed by atoms with Crippen molar-refractivity contribution in [1.29, 1.82) is 0 Å². The first-order chi connectivity index (χ1) is 10.6. The van der Waals surface area contributed by atoms with Crippen LogP contribution in [0.15, 0.2) is 48.5 Å². The van der Waals surface area contributed by atoms with Crippen molar-refractivity contribution in [2.24, 2.45) is 0 Å². The molecule has 4 heteroatoms. The lowest BCUT2D eigenvalue weighted by Crippen LogP contribution is -2.34. The highest BCUT2D eigenvalue weighted by Gasteiger charge is 2.04. The summed E-state index contributed by atoms with van der Waals surface area (Å²) < 4.78 is 0. The number of aryl methyl sites for hydroxylation is 1. The van der Waals surface area contributed by atoms with Crippen LogP contribution in [0.1, 0.15) is 26.3 Å². The van der Waals surface area contributed by atoms with Gasteiger partial charge in [-0.1, -0.05) is 25.1 Å². The number of benzene rings is 2. The first kappa shape index (κ1) is 15.9. The van der Waals surface area contributed by atoms with E-state index in [1.54, 1.807) is 0 Å². The summed E-state index contributed by atoms with van der Waals surface area (Å²) in [7, 11) is 0. The van der Waals surface area contributed by atoms with Crippen LogP contribution in [0.2, 0.25) is 0 Å². The molecule has 22 heavy (non-hydrogen) atoms. The summed E-state index contributed by atoms with van der Waals surface area (Å²) in [6.45, 7) is 6.00. The molecule has 0 atom stereocenters. The third kappa shape index (κ3) is 4.52. The third-order valence-electron chi connectivity index (χ3n) is 3.24. The molecule has 3 N–H and O–H groups in total. The number of anilines is 3. The van der Waals surface area contributed by atoms with Crippen LogP contribution in [-0.4, -0.2) is 12.1 Å². The van der Waals surface area contributed by atoms with E-state index in [1.807, 2.05) is 50.2 Å². The number of para-hydroxylation sites is 1. The van der Waals surface area contributed by atoms with Crippen LogP contribution < -0.4 is 16.0 Å². The highest BCUT2D eigenvalue weighted by Crippen LogP contribution is 2.22. The Labute approximate surface area is 131 Å². The van der Waals surface area contributed by atoms with E-state index < -0.39 is 0 Å². The molecule has 0 heterocycles. The van der Waals surface area contributed by atoms with Crippen molar-refractivity contribution in [1.82, 2.24) is 5.32 Å². The maximum atomic E-state index is 11.6. The maximum absolute atomic E-state index is 11.6. The van der Waals surface area contributed by atoms with Gasteiger partial charge in [-0.25, -0.2) is 4.79 Å². The Hall–Kier alpha value is -2.49. The zero-order valence-corrected chi connectivity index (χ0v) is 13.3. The molecule has 0 saturated heterocycles. The molecule has 0 aliphatic heterocycles. The Balaban J connectivity index is 2.01. The molecule has 2 aromatic rings. The van der Waals surface area contributed by atoms with E-state index in [0.29, 0.717) is 0 Å². The number of hydrogen-bond acceptors (Lipinski definition) is 2. The molecule has 0 radical (unpaired) electrons. The van der Waals surface area contributed by atoms with E-state index >= 15 is 0 Å². The van der Waals surface area contributed by atoms with Gasteiger partial charge in [-0.3, -0.25) is 0 Å². The van der Waals surface area contributed by atoms with Crippen LogP contribution in [-0.2, 0) is 6.42 Å². The number of nitrogens with one attached hydrogen (secondary N) is 3. The molecule has 2 rings (SSSR count). The molecular formula is C18H23N3O. The lowest BCUT2D eigenvalue weighted by atomic mass is 10.1. The molecule has 0 bridgehead atoms. The van der Waals surface area contributed by atoms with Gasteiger partial charge in [0.15, 0.2) is 0 Å². The normalized spacial score (nSPS) is 10.4. The van der Waals surface area contributed by atoms with Crippen LogP contribution in [0.25, 0.3) is 0 Å². The highest BCUT2D eigenvalue weighted by atomic mass is 16.2. The predicted molar refractivity (Wildman–Crippen MR) is 92.8 cm³/mol. The van der Waals surface area contributed by atoms with Crippen LogP contribution in [0, 0.1) is 0 Å². The predicted octanol–water partition coefficient (Wildman–Crippen LogP) is 4.52. The van der Waals surface area contributed by atoms with Crippen molar-refractivity contribution in [2.45, 2.75) is 33.2 Å². The Morgan fingerprint density at radius 1 is 1.00 bits per heavy atom. The zero-order valence-electron chi connectivity index (χ0n) is 13.3. The van der Waals surface area contributed by atoms with Gasteiger partial charge in [0.05, 0.1) is 0 Å². The molecule has 0 aromatic heterocycles. The average molecular weight is 297 g/mol. The summed E-state index contributed by atoms with van der Waals surface area (Å²) >= 11 is 0. The Kier molecular flexibility index (Phi) is 5.42. The quantitative estimate of drug-likeness (QED) is 0.760. The summed E-state index contributed by atoms with van der Waals surface area (Å²) in [5.41, 5.74) is 4.16. The van der Waals surface area contributed by atoms with Gasteiger partial charge >= 0.3 is 6.03 Å². The summed E-state index contributed by atoms with van der Waals surface area (Å²) in [6.07, 6.45) is 0.984. The van der Waals surface area contributed by atoms with Crippen LogP contribution in [0.4, 0.5) is 21.9 Å². The molecule has 0 aliphatic rings. The first-order valence-corrected chi connectivity index (χ1v) is 7.61. The number of amides is 2. The van der Waals surface area contributed by atoms with Gasteiger partial charge in [0.1, 0.15) is 0 Å². The standard InChI is InChI=1S/C18H23N3O/c1-4-14-7-5-6-8-17(14)20-15-9-11-16(12-10-15)21-18(22)19-13(2)3/h5-13,20H,4H2,1-3H3,(H2,19,21,22). The summed E-state index contributed by atoms with van der Waals surface area (Å²) in [6, 6.07) is 15.9. The number of carbonyl (C=O) groups is 1. The topological polar surface area (TPSA) is 53.2 Å². The van der Waals surface area contributed by atoms with E-state index in [0.717, 1.165) is 23.5 Å². The molecule has 2 aromatic carbocycles. The van der Waals surface area contributed by atoms with Gasteiger partial charge in [-0.2, -0.15) is 0 Å². The van der Waals surface area contributed by atoms with E-state index in [2.05, 4.69) is 35.0 Å². The minimum absolute atomic E-state index is 0.117. The second-order valence-electron chi connectivity index (χ2n) is 5.47. The fourth-order valence-corrected chi connectivity index (χ4v) is 2.17. The lowest BCUT2D eigenvalue weighted by Gasteiger charge is -2.12. The van der Waals surface area contributed by atoms with Crippen molar-refractivity contribution in [2.75, 3.05) is 10.6 Å². The van der Waals surface area contributed by atoms with E-state index in [-0.39, 0.29) is 12.1 Å². The van der Waals surface area contributed by atoms with Crippen molar-refractivity contribution in [3.8, 4) is 0 Å². The second-order valence-corrected chi connectivity index (χ2v) is 5.47. The Morgan fingerprint density at radius 2 is 1.64 bits per heavy atom. The number of urea groups is 1. The molecule has 0 spiro atoms. The smallest absolute Gasteiger partial charge is 0.319 e. The third-order valence-corrected chi connectivity index (χ3v) is 3.24. The van der Waals surface area contributed by atoms with Crippen LogP contribution in [0.3, 0.4) is 0 Å². The summed E-state index contributed by atoms with van der Waals surface area (Å²) in [4.78, 5) is 11.6. The van der Waals surface area contributed by atoms with E-state index in [9.17, 15) is 4.79 Å². The van der Waals surface area contributed by atoms with E-state index in [1.165, 1.54) is 5.56 Å². The summed E-state index contributed by atoms with van der Waals surface area (Å²) in [5.74, 6) is 0. The minimum Gasteiger partial charge on any atom is -0.355 e. The number of carbonyl (C=O) groups excluding carboxylic acids is 1. The van der Waals surface area contributed by atoms with Gasteiger partial charge in [-0.15, -0.1) is 0 Å². The fraction of sp³-hybridized carbons (Fsp3) is 0.278. The molecule has 4 nitrogen and oxygen atoms in total. The molecular weight excluding hydrogens is 274 g/mol. The molecule has 2 amide bonds. The van der Waals surface area contributed by atoms with Gasteiger partial charge in [0.25, 0.3) is 0 Å². The number of hydrogen-bond donors (Lipinski definition) is 3. The molecule has 116 valence electrons. The van der Waals surface area contributed by atoms with E-state index in [4.69, 9.17) is 0 Å². The maximum Gasteiger partial charge on any atom is 0.319 e. The van der Waals surface area contributed by atoms with Crippen LogP contribution >= 0.6 is 0 Å². The largest absolute Gasteiger partial charge is 0.355 e. The Bertz CT molecular complexity index is 620. The molecule has 0 aliphatic carbocycles. The van der Waals surface area contributed by atoms with Gasteiger partial charge < -0.3 is 16.0 Å². The van der Waals surface area contributed by atoms with Gasteiger partial charge in [-0.05, 0) is 56.2 Å². The van der Waals surface area contributed by atoms with Crippen molar-refractivity contribution in [3.63, 3.8) is 0 Å². The summed E-state index contributed by atoms with van der Waals surface area (Å²) in [5, 5.41) is 9.01. The molecule has 0 unspecified atom stereocenters.